The summed E-state index contributed by atoms with van der Waals surface area (Å²) in [7, 11) is 0. The predicted molar refractivity (Wildman–Crippen MR) is 81.7 cm³/mol. The third-order valence-electron chi connectivity index (χ3n) is 5.69. The number of carbonyl (C=O) groups is 2. The average Bonchev–Trinajstić information content (AvgIpc) is 2.43. The van der Waals surface area contributed by atoms with Crippen LogP contribution in [0, 0.1) is 5.41 Å². The van der Waals surface area contributed by atoms with Crippen molar-refractivity contribution >= 4 is 11.8 Å². The Bertz CT molecular complexity index is 438. The molecule has 0 aromatic carbocycles. The minimum atomic E-state index is -0.574. The third-order valence-corrected chi connectivity index (χ3v) is 5.69. The summed E-state index contributed by atoms with van der Waals surface area (Å²) in [5, 5.41) is 3.04. The first-order valence-electron chi connectivity index (χ1n) is 8.54. The van der Waals surface area contributed by atoms with Gasteiger partial charge in [0.2, 0.25) is 11.8 Å². The quantitative estimate of drug-likeness (QED) is 0.807. The maximum Gasteiger partial charge on any atom is 0.249 e. The molecule has 1 atom stereocenters. The summed E-state index contributed by atoms with van der Waals surface area (Å²) < 4.78 is 0. The number of amides is 2. The van der Waals surface area contributed by atoms with Crippen LogP contribution in [0.25, 0.3) is 0 Å². The first kappa shape index (κ1) is 14.9. The number of nitrogens with zero attached hydrogens (tertiary/aromatic N) is 1. The van der Waals surface area contributed by atoms with Gasteiger partial charge in [0.15, 0.2) is 0 Å². The molecule has 1 saturated heterocycles. The minimum absolute atomic E-state index is 0.0416. The molecule has 2 amide bonds. The molecule has 0 aromatic rings. The normalized spacial score (nSPS) is 32.1. The molecule has 2 saturated carbocycles. The Morgan fingerprint density at radius 3 is 2.43 bits per heavy atom. The fraction of sp³-hybridized carbons (Fsp3) is 0.882. The number of carbonyl (C=O) groups excluding carboxylic acids is 2. The van der Waals surface area contributed by atoms with Crippen LogP contribution in [0.1, 0.15) is 71.6 Å². The van der Waals surface area contributed by atoms with Crippen LogP contribution in [0.15, 0.2) is 0 Å². The number of nitrogens with one attached hydrogen (secondary N) is 1. The van der Waals surface area contributed by atoms with E-state index in [-0.39, 0.29) is 29.8 Å². The lowest BCUT2D eigenvalue weighted by atomic mass is 9.73. The molecule has 1 heterocycles. The molecule has 3 aliphatic rings. The lowest BCUT2D eigenvalue weighted by Gasteiger charge is -2.49. The third kappa shape index (κ3) is 2.82. The highest BCUT2D eigenvalue weighted by molar-refractivity contribution is 5.98. The summed E-state index contributed by atoms with van der Waals surface area (Å²) in [6.07, 6.45) is 9.40. The van der Waals surface area contributed by atoms with Gasteiger partial charge in [-0.05, 0) is 37.5 Å². The molecule has 3 fully saturated rings. The minimum Gasteiger partial charge on any atom is -0.340 e. The zero-order chi connectivity index (χ0) is 15.1. The van der Waals surface area contributed by atoms with Crippen LogP contribution in [0.2, 0.25) is 0 Å². The van der Waals surface area contributed by atoms with Gasteiger partial charge in [0.25, 0.3) is 0 Å². The van der Waals surface area contributed by atoms with Gasteiger partial charge >= 0.3 is 0 Å². The summed E-state index contributed by atoms with van der Waals surface area (Å²) in [5.74, 6) is 0.240. The molecule has 1 spiro atoms. The van der Waals surface area contributed by atoms with Gasteiger partial charge in [-0.25, -0.2) is 0 Å². The first-order valence-corrected chi connectivity index (χ1v) is 8.54. The van der Waals surface area contributed by atoms with E-state index in [1.165, 1.54) is 12.8 Å². The van der Waals surface area contributed by atoms with Crippen molar-refractivity contribution in [2.45, 2.75) is 83.2 Å². The molecule has 4 nitrogen and oxygen atoms in total. The molecule has 1 N–H and O–H groups in total. The zero-order valence-electron chi connectivity index (χ0n) is 13.4. The average molecular weight is 292 g/mol. The van der Waals surface area contributed by atoms with Gasteiger partial charge in [-0.1, -0.05) is 39.5 Å². The predicted octanol–water partition coefficient (Wildman–Crippen LogP) is 2.62. The molecule has 4 heteroatoms. The molecule has 1 aliphatic heterocycles. The molecule has 118 valence electrons. The molecule has 1 unspecified atom stereocenters. The van der Waals surface area contributed by atoms with Crippen LogP contribution in [0.3, 0.4) is 0 Å². The molecular weight excluding hydrogens is 264 g/mol. The van der Waals surface area contributed by atoms with Gasteiger partial charge in [-0.2, -0.15) is 0 Å². The van der Waals surface area contributed by atoms with Crippen molar-refractivity contribution < 1.29 is 9.59 Å². The fourth-order valence-electron chi connectivity index (χ4n) is 4.57. The molecule has 0 aromatic heterocycles. The van der Waals surface area contributed by atoms with Crippen LogP contribution in [0.4, 0.5) is 0 Å². The van der Waals surface area contributed by atoms with Crippen molar-refractivity contribution in [3.8, 4) is 0 Å². The van der Waals surface area contributed by atoms with Crippen molar-refractivity contribution in [1.29, 1.82) is 0 Å². The van der Waals surface area contributed by atoms with E-state index in [1.54, 1.807) is 0 Å². The maximum atomic E-state index is 13.1. The van der Waals surface area contributed by atoms with Crippen molar-refractivity contribution in [1.82, 2.24) is 10.2 Å². The highest BCUT2D eigenvalue weighted by atomic mass is 16.2. The molecular formula is C17H28N2O2. The SMILES string of the molecule is CC1(C)CCCC(N2CC(=O)NC3(CCCCC3)C2=O)C1. The molecule has 21 heavy (non-hydrogen) atoms. The fourth-order valence-corrected chi connectivity index (χ4v) is 4.57. The van der Waals surface area contributed by atoms with E-state index in [2.05, 4.69) is 19.2 Å². The second kappa shape index (κ2) is 5.29. The van der Waals surface area contributed by atoms with Crippen LogP contribution < -0.4 is 5.32 Å². The number of piperazine rings is 1. The van der Waals surface area contributed by atoms with Gasteiger partial charge in [-0.15, -0.1) is 0 Å². The first-order chi connectivity index (χ1) is 9.92. The van der Waals surface area contributed by atoms with E-state index in [4.69, 9.17) is 0 Å². The van der Waals surface area contributed by atoms with E-state index < -0.39 is 5.54 Å². The molecule has 0 radical (unpaired) electrons. The Hall–Kier alpha value is -1.06. The van der Waals surface area contributed by atoms with Gasteiger partial charge in [0, 0.05) is 6.04 Å². The van der Waals surface area contributed by atoms with E-state index >= 15 is 0 Å². The lowest BCUT2D eigenvalue weighted by molar-refractivity contribution is -0.155. The molecule has 0 bridgehead atoms. The van der Waals surface area contributed by atoms with Crippen LogP contribution in [-0.4, -0.2) is 34.8 Å². The van der Waals surface area contributed by atoms with Gasteiger partial charge in [0.1, 0.15) is 5.54 Å². The Labute approximate surface area is 127 Å². The summed E-state index contributed by atoms with van der Waals surface area (Å²) in [5.41, 5.74) is -0.286. The molecule has 3 rings (SSSR count). The number of rotatable bonds is 1. The van der Waals surface area contributed by atoms with Crippen molar-refractivity contribution in [2.75, 3.05) is 6.54 Å². The van der Waals surface area contributed by atoms with Crippen molar-refractivity contribution in [3.63, 3.8) is 0 Å². The highest BCUT2D eigenvalue weighted by Crippen LogP contribution is 2.40. The van der Waals surface area contributed by atoms with Crippen LogP contribution in [0.5, 0.6) is 0 Å². The van der Waals surface area contributed by atoms with Crippen molar-refractivity contribution in [2.24, 2.45) is 5.41 Å². The van der Waals surface area contributed by atoms with E-state index in [9.17, 15) is 9.59 Å². The molecule has 2 aliphatic carbocycles. The smallest absolute Gasteiger partial charge is 0.249 e. The summed E-state index contributed by atoms with van der Waals surface area (Å²) in [6.45, 7) is 4.83. The second-order valence-corrected chi connectivity index (χ2v) is 8.04. The topological polar surface area (TPSA) is 49.4 Å². The second-order valence-electron chi connectivity index (χ2n) is 8.04. The number of hydrogen-bond acceptors (Lipinski definition) is 2. The summed E-state index contributed by atoms with van der Waals surface area (Å²) in [4.78, 5) is 27.2. The van der Waals surface area contributed by atoms with Gasteiger partial charge in [0.05, 0.1) is 6.54 Å². The van der Waals surface area contributed by atoms with Crippen LogP contribution in [-0.2, 0) is 9.59 Å². The summed E-state index contributed by atoms with van der Waals surface area (Å²) in [6, 6.07) is 0.256. The summed E-state index contributed by atoms with van der Waals surface area (Å²) >= 11 is 0. The van der Waals surface area contributed by atoms with Gasteiger partial charge in [-0.3, -0.25) is 9.59 Å². The van der Waals surface area contributed by atoms with E-state index in [1.807, 2.05) is 4.90 Å². The monoisotopic (exact) mass is 292 g/mol. The standard InChI is InChI=1S/C17H28N2O2/c1-16(2)8-6-7-13(11-16)19-12-14(20)18-17(15(19)21)9-4-3-5-10-17/h13H,3-12H2,1-2H3,(H,18,20). The van der Waals surface area contributed by atoms with Crippen LogP contribution >= 0.6 is 0 Å². The highest BCUT2D eigenvalue weighted by Gasteiger charge is 2.49. The van der Waals surface area contributed by atoms with E-state index in [0.29, 0.717) is 0 Å². The van der Waals surface area contributed by atoms with Crippen molar-refractivity contribution in [3.05, 3.63) is 0 Å². The zero-order valence-corrected chi connectivity index (χ0v) is 13.4. The van der Waals surface area contributed by atoms with Gasteiger partial charge < -0.3 is 10.2 Å². The Morgan fingerprint density at radius 1 is 1.05 bits per heavy atom. The Kier molecular flexibility index (Phi) is 3.74. The maximum absolute atomic E-state index is 13.1. The van der Waals surface area contributed by atoms with E-state index in [0.717, 1.165) is 44.9 Å². The Balaban J connectivity index is 1.81. The largest absolute Gasteiger partial charge is 0.340 e. The lowest BCUT2D eigenvalue weighted by Crippen LogP contribution is -2.69. The Morgan fingerprint density at radius 2 is 1.76 bits per heavy atom. The number of hydrogen-bond donors (Lipinski definition) is 1.